The molecule has 2 aromatic rings. The second-order valence-corrected chi connectivity index (χ2v) is 12.4. The number of fused-ring (bicyclic) bond motifs is 4. The third-order valence-electron chi connectivity index (χ3n) is 8.62. The number of carboxylic acids is 1. The van der Waals surface area contributed by atoms with Gasteiger partial charge in [0.05, 0.1) is 22.8 Å². The maximum atomic E-state index is 13.4. The number of H-pyrrole nitrogens is 1. The van der Waals surface area contributed by atoms with Gasteiger partial charge in [0.25, 0.3) is 11.6 Å². The fourth-order valence-corrected chi connectivity index (χ4v) is 6.21. The van der Waals surface area contributed by atoms with Crippen LogP contribution in [0.4, 0.5) is 18.9 Å². The average Bonchev–Trinajstić information content (AvgIpc) is 3.78. The van der Waals surface area contributed by atoms with Gasteiger partial charge in [-0.2, -0.15) is 18.2 Å². The van der Waals surface area contributed by atoms with Crippen LogP contribution in [-0.2, 0) is 24.0 Å². The summed E-state index contributed by atoms with van der Waals surface area (Å²) in [6, 6.07) is 12.0. The fourth-order valence-electron chi connectivity index (χ4n) is 6.21. The number of aromatic amines is 1. The number of rotatable bonds is 5. The van der Waals surface area contributed by atoms with E-state index in [0.717, 1.165) is 22.9 Å². The minimum atomic E-state index is -5.19. The van der Waals surface area contributed by atoms with Gasteiger partial charge in [-0.05, 0) is 51.7 Å². The van der Waals surface area contributed by atoms with Gasteiger partial charge in [-0.3, -0.25) is 19.2 Å². The van der Waals surface area contributed by atoms with E-state index in [1.807, 2.05) is 30.3 Å². The largest absolute Gasteiger partial charge is 0.542 e. The number of hydrogen-bond donors (Lipinski definition) is 3. The average molecular weight is 712 g/mol. The minimum absolute atomic E-state index is 0.245. The number of aliphatic carboxylic acids is 1. The number of benzene rings is 3. The van der Waals surface area contributed by atoms with Gasteiger partial charge in [0.2, 0.25) is 34.6 Å². The van der Waals surface area contributed by atoms with Crippen LogP contribution in [0.1, 0.15) is 39.5 Å². The van der Waals surface area contributed by atoms with Crippen LogP contribution >= 0.6 is 0 Å². The number of carboxylic acid groups (broad SMARTS) is 1. The van der Waals surface area contributed by atoms with E-state index in [-0.39, 0.29) is 17.7 Å². The number of halogens is 3. The van der Waals surface area contributed by atoms with Crippen LogP contribution in [0.25, 0.3) is 33.3 Å². The highest BCUT2D eigenvalue weighted by Gasteiger charge is 2.36. The summed E-state index contributed by atoms with van der Waals surface area (Å²) < 4.78 is 37.9. The first-order valence-corrected chi connectivity index (χ1v) is 16.2. The number of carbonyl (C=O) groups is 5. The minimum Gasteiger partial charge on any atom is -0.542 e. The van der Waals surface area contributed by atoms with E-state index < -0.39 is 42.2 Å². The standard InChI is InChI=1S/C32H35N7O5.C2HF3O2/c1-17(33)31(42)38-13-5-9-24(38)29(40)35-19-11-12-22-26(15-19)44-27-16-23(20-7-3-4-8-21(20)28(27)36-22)37-30(41)25-10-6-14-39(25)32(43)18(2)34;3-2(4,5)1(6)7/h3-4,7-8,11-12,15-18,24-25H,5-6,9-10,13-14,33-34H2,1-2H3,(H,35,40);(H,6,7). The van der Waals surface area contributed by atoms with Crippen LogP contribution in [-0.4, -0.2) is 82.8 Å². The Balaban J connectivity index is 0.000000654. The fraction of sp³-hybridized carbons (Fsp3) is 0.382. The van der Waals surface area contributed by atoms with E-state index >= 15 is 0 Å². The summed E-state index contributed by atoms with van der Waals surface area (Å²) in [5.41, 5.74) is 14.0. The van der Waals surface area contributed by atoms with E-state index in [2.05, 4.69) is 15.3 Å². The van der Waals surface area contributed by atoms with Crippen molar-refractivity contribution in [2.45, 2.75) is 69.9 Å². The third-order valence-corrected chi connectivity index (χ3v) is 8.62. The summed E-state index contributed by atoms with van der Waals surface area (Å²) in [7, 11) is 0. The van der Waals surface area contributed by atoms with E-state index in [9.17, 15) is 32.3 Å². The predicted molar refractivity (Wildman–Crippen MR) is 174 cm³/mol. The highest BCUT2D eigenvalue weighted by atomic mass is 19.4. The molecule has 2 saturated heterocycles. The Morgan fingerprint density at radius 1 is 0.922 bits per heavy atom. The Hall–Kier alpha value is -5.42. The number of aromatic nitrogens is 1. The highest BCUT2D eigenvalue weighted by Crippen LogP contribution is 2.29. The van der Waals surface area contributed by atoms with Gasteiger partial charge < -0.3 is 40.9 Å². The Kier molecular flexibility index (Phi) is 10.7. The molecule has 51 heavy (non-hydrogen) atoms. The smallest absolute Gasteiger partial charge is 0.430 e. The molecule has 17 heteroatoms. The molecular formula is C34H36F3N7O7. The van der Waals surface area contributed by atoms with Crippen LogP contribution in [0, 0.1) is 0 Å². The van der Waals surface area contributed by atoms with Crippen molar-refractivity contribution in [1.82, 2.24) is 9.80 Å². The molecule has 1 aliphatic carbocycles. The van der Waals surface area contributed by atoms with Crippen LogP contribution in [0.2, 0.25) is 0 Å². The maximum Gasteiger partial charge on any atom is 0.430 e. The zero-order valence-corrected chi connectivity index (χ0v) is 27.7. The third kappa shape index (κ3) is 7.99. The molecule has 4 amide bonds. The number of nitrogens with one attached hydrogen (secondary N) is 2. The second kappa shape index (κ2) is 14.8. The van der Waals surface area contributed by atoms with Gasteiger partial charge in [0, 0.05) is 42.4 Å². The maximum absolute atomic E-state index is 13.4. The molecule has 0 aromatic heterocycles. The number of nitrogens with zero attached hydrogens (tertiary/aromatic N) is 3. The molecule has 3 heterocycles. The van der Waals surface area contributed by atoms with E-state index in [0.29, 0.717) is 60.3 Å². The van der Waals surface area contributed by atoms with Gasteiger partial charge in [-0.1, -0.05) is 18.2 Å². The van der Waals surface area contributed by atoms with Gasteiger partial charge in [-0.15, -0.1) is 0 Å². The molecule has 4 atom stereocenters. The van der Waals surface area contributed by atoms with Crippen LogP contribution in [0.3, 0.4) is 0 Å². The van der Waals surface area contributed by atoms with E-state index in [4.69, 9.17) is 25.8 Å². The summed E-state index contributed by atoms with van der Waals surface area (Å²) in [5.74, 6) is -3.74. The summed E-state index contributed by atoms with van der Waals surface area (Å²) in [6.07, 6.45) is -2.66. The first-order chi connectivity index (χ1) is 24.1. The first-order valence-electron chi connectivity index (χ1n) is 16.2. The molecule has 0 saturated carbocycles. The van der Waals surface area contributed by atoms with Crippen molar-refractivity contribution >= 4 is 57.2 Å². The Morgan fingerprint density at radius 2 is 1.49 bits per heavy atom. The van der Waals surface area contributed by atoms with Gasteiger partial charge in [0.15, 0.2) is 0 Å². The van der Waals surface area contributed by atoms with E-state index in [1.165, 1.54) is 4.90 Å². The summed E-state index contributed by atoms with van der Waals surface area (Å²) in [6.45, 7) is 4.20. The monoisotopic (exact) mass is 711 g/mol. The molecule has 3 aliphatic heterocycles. The normalized spacial score (nSPS) is 19.2. The van der Waals surface area contributed by atoms with Gasteiger partial charge >= 0.3 is 6.18 Å². The molecule has 2 aromatic carbocycles. The second-order valence-electron chi connectivity index (χ2n) is 12.4. The molecule has 6 rings (SSSR count). The predicted octanol–water partition coefficient (Wildman–Crippen LogP) is 0.846. The van der Waals surface area contributed by atoms with Crippen LogP contribution in [0.5, 0.6) is 0 Å². The van der Waals surface area contributed by atoms with Gasteiger partial charge in [0.1, 0.15) is 18.1 Å². The van der Waals surface area contributed by atoms with Crippen molar-refractivity contribution in [3.8, 4) is 11.5 Å². The summed E-state index contributed by atoms with van der Waals surface area (Å²) in [4.78, 5) is 71.4. The van der Waals surface area contributed by atoms with Gasteiger partial charge in [-0.25, -0.2) is 4.99 Å². The lowest BCUT2D eigenvalue weighted by Crippen LogP contribution is -2.48. The van der Waals surface area contributed by atoms with Crippen molar-refractivity contribution in [1.29, 1.82) is 0 Å². The molecule has 0 spiro atoms. The van der Waals surface area contributed by atoms with Crippen molar-refractivity contribution in [3.05, 3.63) is 53.9 Å². The Morgan fingerprint density at radius 3 is 2.08 bits per heavy atom. The first kappa shape index (κ1) is 36.9. The quantitative estimate of drug-likeness (QED) is 0.197. The molecule has 4 aliphatic rings. The van der Waals surface area contributed by atoms with Crippen LogP contribution in [0.15, 0.2) is 57.9 Å². The number of amides is 4. The lowest BCUT2D eigenvalue weighted by molar-refractivity contribution is -0.344. The lowest BCUT2D eigenvalue weighted by atomic mass is 10.0. The number of anilines is 1. The zero-order chi connectivity index (χ0) is 37.2. The number of hydrogen-bond acceptors (Lipinski definition) is 9. The molecule has 6 N–H and O–H groups in total. The molecule has 2 fully saturated rings. The van der Waals surface area contributed by atoms with Crippen molar-refractivity contribution in [3.63, 3.8) is 0 Å². The lowest BCUT2D eigenvalue weighted by Gasteiger charge is -2.25. The molecule has 0 bridgehead atoms. The van der Waals surface area contributed by atoms with Crippen molar-refractivity contribution in [2.24, 2.45) is 16.5 Å². The van der Waals surface area contributed by atoms with Crippen molar-refractivity contribution < 1.29 is 51.7 Å². The number of nitrogens with two attached hydrogens (primary N) is 2. The zero-order valence-electron chi connectivity index (χ0n) is 27.7. The Bertz CT molecular complexity index is 2050. The van der Waals surface area contributed by atoms with Crippen LogP contribution < -0.4 is 32.2 Å². The summed E-state index contributed by atoms with van der Waals surface area (Å²) >= 11 is 0. The SMILES string of the molecule is CC(N)C(=O)N1CCCC1C(=O)N=c1cc2oc3cc(NC(=O)C4CCCN4C(=O)C(C)N)ccc3[nH+]c-2c2ccccc12.O=C([O-])C(F)(F)F. The molecule has 0 radical (unpaired) electrons. The highest BCUT2D eigenvalue weighted by molar-refractivity contribution is 6.00. The molecule has 270 valence electrons. The number of carbonyl (C=O) groups excluding carboxylic acids is 5. The number of likely N-dealkylation sites (tertiary alicyclic amines) is 2. The summed E-state index contributed by atoms with van der Waals surface area (Å²) in [5, 5.41) is 13.7. The molecule has 4 unspecified atom stereocenters. The van der Waals surface area contributed by atoms with E-state index in [1.54, 1.807) is 36.9 Å². The van der Waals surface area contributed by atoms with Crippen molar-refractivity contribution in [2.75, 3.05) is 18.4 Å². The topological polar surface area (TPSA) is 219 Å². The molecular weight excluding hydrogens is 675 g/mol. The molecule has 14 nitrogen and oxygen atoms in total. The number of alkyl halides is 3. The Labute approximate surface area is 288 Å².